The summed E-state index contributed by atoms with van der Waals surface area (Å²) in [6.07, 6.45) is 3.96. The monoisotopic (exact) mass is 282 g/mol. The first-order valence-electron chi connectivity index (χ1n) is 6.60. The summed E-state index contributed by atoms with van der Waals surface area (Å²) >= 11 is 0. The minimum absolute atomic E-state index is 0.0122. The van der Waals surface area contributed by atoms with Crippen molar-refractivity contribution in [1.82, 2.24) is 10.5 Å². The highest BCUT2D eigenvalue weighted by molar-refractivity contribution is 5.92. The Hall–Kier alpha value is -2.05. The predicted molar refractivity (Wildman–Crippen MR) is 68.5 cm³/mol. The molecule has 1 saturated carbocycles. The first kappa shape index (κ1) is 14.4. The zero-order chi connectivity index (χ0) is 14.6. The summed E-state index contributed by atoms with van der Waals surface area (Å²) in [6, 6.07) is 1.36. The van der Waals surface area contributed by atoms with Crippen LogP contribution >= 0.6 is 0 Å². The number of amides is 1. The maximum absolute atomic E-state index is 11.9. The summed E-state index contributed by atoms with van der Waals surface area (Å²) in [5, 5.41) is 15.6. The Bertz CT molecular complexity index is 491. The molecule has 2 rings (SSSR count). The summed E-state index contributed by atoms with van der Waals surface area (Å²) in [5.74, 6) is -1.11. The number of ether oxygens (including phenoxy) is 1. The van der Waals surface area contributed by atoms with Crippen LogP contribution in [0.1, 0.15) is 42.7 Å². The molecule has 0 aromatic carbocycles. The van der Waals surface area contributed by atoms with Crippen LogP contribution in [-0.2, 0) is 4.79 Å². The van der Waals surface area contributed by atoms with E-state index in [0.29, 0.717) is 12.8 Å². The third-order valence-corrected chi connectivity index (χ3v) is 3.77. The molecule has 0 spiro atoms. The number of hydrogen-bond acceptors (Lipinski definition) is 5. The van der Waals surface area contributed by atoms with E-state index < -0.39 is 17.3 Å². The molecule has 1 aliphatic carbocycles. The number of carboxylic acids is 1. The molecule has 0 radical (unpaired) electrons. The van der Waals surface area contributed by atoms with E-state index >= 15 is 0 Å². The van der Waals surface area contributed by atoms with Gasteiger partial charge < -0.3 is 19.7 Å². The number of hydrogen-bond donors (Lipinski definition) is 2. The fourth-order valence-corrected chi connectivity index (χ4v) is 2.49. The highest BCUT2D eigenvalue weighted by Gasteiger charge is 2.40. The molecule has 0 bridgehead atoms. The molecule has 0 atom stereocenters. The van der Waals surface area contributed by atoms with Crippen molar-refractivity contribution in [2.45, 2.75) is 32.1 Å². The van der Waals surface area contributed by atoms with Gasteiger partial charge in [-0.2, -0.15) is 0 Å². The lowest BCUT2D eigenvalue weighted by molar-refractivity contribution is -0.150. The molecule has 1 fully saturated rings. The van der Waals surface area contributed by atoms with Gasteiger partial charge >= 0.3 is 5.97 Å². The second kappa shape index (κ2) is 5.94. The number of aromatic nitrogens is 1. The van der Waals surface area contributed by atoms with Crippen LogP contribution in [0.25, 0.3) is 0 Å². The van der Waals surface area contributed by atoms with Crippen LogP contribution in [0, 0.1) is 5.41 Å². The zero-order valence-corrected chi connectivity index (χ0v) is 11.3. The molecule has 1 aromatic rings. The van der Waals surface area contributed by atoms with E-state index in [-0.39, 0.29) is 18.2 Å². The highest BCUT2D eigenvalue weighted by Crippen LogP contribution is 2.36. The third-order valence-electron chi connectivity index (χ3n) is 3.77. The average Bonchev–Trinajstić information content (AvgIpc) is 2.94. The Morgan fingerprint density at radius 2 is 2.15 bits per heavy atom. The third kappa shape index (κ3) is 2.92. The van der Waals surface area contributed by atoms with E-state index in [4.69, 9.17) is 9.26 Å². The molecule has 0 aliphatic heterocycles. The standard InChI is InChI=1S/C13H18N2O5/c1-19-10-7-9(20-15-10)11(16)14-8-13(12(17)18)5-3-2-4-6-13/h7H,2-6,8H2,1H3,(H,14,16)(H,17,18). The lowest BCUT2D eigenvalue weighted by atomic mass is 9.74. The molecule has 1 aliphatic rings. The zero-order valence-electron chi connectivity index (χ0n) is 11.3. The van der Waals surface area contributed by atoms with E-state index in [1.54, 1.807) is 0 Å². The number of rotatable bonds is 5. The van der Waals surface area contributed by atoms with E-state index in [2.05, 4.69) is 10.5 Å². The van der Waals surface area contributed by atoms with Crippen LogP contribution in [0.2, 0.25) is 0 Å². The fourth-order valence-electron chi connectivity index (χ4n) is 2.49. The Kier molecular flexibility index (Phi) is 4.26. The van der Waals surface area contributed by atoms with Gasteiger partial charge in [-0.05, 0) is 18.0 Å². The SMILES string of the molecule is COc1cc(C(=O)NCC2(C(=O)O)CCCCC2)on1. The van der Waals surface area contributed by atoms with Crippen LogP contribution in [0.3, 0.4) is 0 Å². The molecule has 1 heterocycles. The summed E-state index contributed by atoms with van der Waals surface area (Å²) in [5.41, 5.74) is -0.863. The molecule has 1 amide bonds. The molecule has 0 saturated heterocycles. The van der Waals surface area contributed by atoms with Gasteiger partial charge in [0, 0.05) is 6.54 Å². The maximum Gasteiger partial charge on any atom is 0.311 e. The van der Waals surface area contributed by atoms with Gasteiger partial charge in [0.25, 0.3) is 11.8 Å². The van der Waals surface area contributed by atoms with Crippen molar-refractivity contribution in [2.75, 3.05) is 13.7 Å². The first-order chi connectivity index (χ1) is 9.57. The quantitative estimate of drug-likeness (QED) is 0.847. The van der Waals surface area contributed by atoms with Crippen molar-refractivity contribution in [3.63, 3.8) is 0 Å². The van der Waals surface area contributed by atoms with Gasteiger partial charge in [0.15, 0.2) is 0 Å². The second-order valence-electron chi connectivity index (χ2n) is 5.06. The minimum atomic E-state index is -0.863. The van der Waals surface area contributed by atoms with E-state index in [1.165, 1.54) is 13.2 Å². The van der Waals surface area contributed by atoms with Gasteiger partial charge in [-0.15, -0.1) is 0 Å². The Labute approximate surface area is 116 Å². The van der Waals surface area contributed by atoms with Crippen molar-refractivity contribution in [3.8, 4) is 5.88 Å². The minimum Gasteiger partial charge on any atom is -0.481 e. The smallest absolute Gasteiger partial charge is 0.311 e. The normalized spacial score (nSPS) is 17.4. The van der Waals surface area contributed by atoms with Crippen LogP contribution in [-0.4, -0.2) is 35.8 Å². The molecule has 7 nitrogen and oxygen atoms in total. The summed E-state index contributed by atoms with van der Waals surface area (Å²) in [6.45, 7) is 0.101. The fraction of sp³-hybridized carbons (Fsp3) is 0.615. The van der Waals surface area contributed by atoms with Crippen molar-refractivity contribution < 1.29 is 24.0 Å². The number of aliphatic carboxylic acids is 1. The average molecular weight is 282 g/mol. The number of carbonyl (C=O) groups excluding carboxylic acids is 1. The lowest BCUT2D eigenvalue weighted by Crippen LogP contribution is -2.44. The van der Waals surface area contributed by atoms with Gasteiger partial charge in [0.2, 0.25) is 5.76 Å². The van der Waals surface area contributed by atoms with E-state index in [9.17, 15) is 14.7 Å². The number of carbonyl (C=O) groups is 2. The highest BCUT2D eigenvalue weighted by atomic mass is 16.5. The molecule has 20 heavy (non-hydrogen) atoms. The van der Waals surface area contributed by atoms with E-state index in [0.717, 1.165) is 19.3 Å². The van der Waals surface area contributed by atoms with Gasteiger partial charge in [-0.1, -0.05) is 19.3 Å². The summed E-state index contributed by atoms with van der Waals surface area (Å²) in [7, 11) is 1.42. The molecule has 0 unspecified atom stereocenters. The van der Waals surface area contributed by atoms with E-state index in [1.807, 2.05) is 0 Å². The molecular formula is C13H18N2O5. The summed E-state index contributed by atoms with van der Waals surface area (Å²) in [4.78, 5) is 23.4. The van der Waals surface area contributed by atoms with Crippen molar-refractivity contribution in [3.05, 3.63) is 11.8 Å². The topological polar surface area (TPSA) is 102 Å². The first-order valence-corrected chi connectivity index (χ1v) is 6.60. The largest absolute Gasteiger partial charge is 0.481 e. The van der Waals surface area contributed by atoms with Crippen LogP contribution in [0.15, 0.2) is 10.6 Å². The molecule has 110 valence electrons. The van der Waals surface area contributed by atoms with Crippen molar-refractivity contribution in [1.29, 1.82) is 0 Å². The maximum atomic E-state index is 11.9. The second-order valence-corrected chi connectivity index (χ2v) is 5.06. The van der Waals surface area contributed by atoms with Crippen LogP contribution in [0.4, 0.5) is 0 Å². The van der Waals surface area contributed by atoms with Gasteiger partial charge in [-0.3, -0.25) is 9.59 Å². The number of nitrogens with one attached hydrogen (secondary N) is 1. The summed E-state index contributed by atoms with van der Waals surface area (Å²) < 4.78 is 9.63. The molecular weight excluding hydrogens is 264 g/mol. The molecule has 1 aromatic heterocycles. The van der Waals surface area contributed by atoms with Gasteiger partial charge in [0.1, 0.15) is 0 Å². The van der Waals surface area contributed by atoms with Gasteiger partial charge in [0.05, 0.1) is 18.6 Å². The Morgan fingerprint density at radius 1 is 1.45 bits per heavy atom. The predicted octanol–water partition coefficient (Wildman–Crippen LogP) is 1.45. The lowest BCUT2D eigenvalue weighted by Gasteiger charge is -2.32. The van der Waals surface area contributed by atoms with Crippen molar-refractivity contribution in [2.24, 2.45) is 5.41 Å². The molecule has 7 heteroatoms. The number of nitrogens with zero attached hydrogens (tertiary/aromatic N) is 1. The van der Waals surface area contributed by atoms with Crippen LogP contribution in [0.5, 0.6) is 5.88 Å². The van der Waals surface area contributed by atoms with Gasteiger partial charge in [-0.25, -0.2) is 0 Å². The number of carboxylic acid groups (broad SMARTS) is 1. The van der Waals surface area contributed by atoms with Crippen LogP contribution < -0.4 is 10.1 Å². The molecule has 2 N–H and O–H groups in total. The Balaban J connectivity index is 1.98. The Morgan fingerprint density at radius 3 is 2.70 bits per heavy atom. The van der Waals surface area contributed by atoms with Crippen molar-refractivity contribution >= 4 is 11.9 Å². The number of methoxy groups -OCH3 is 1.